The van der Waals surface area contributed by atoms with Gasteiger partial charge in [-0.15, -0.1) is 0 Å². The van der Waals surface area contributed by atoms with Crippen molar-refractivity contribution in [2.45, 2.75) is 157 Å². The molecule has 5 heteroatoms. The first-order chi connectivity index (χ1) is 23.4. The molecule has 0 aliphatic heterocycles. The lowest BCUT2D eigenvalue weighted by Crippen LogP contribution is -2.68. The third-order valence-electron chi connectivity index (χ3n) is 18.7. The molecule has 0 saturated heterocycles. The van der Waals surface area contributed by atoms with E-state index in [1.807, 2.05) is 44.2 Å². The summed E-state index contributed by atoms with van der Waals surface area (Å²) >= 11 is 0. The molecule has 12 atom stereocenters. The summed E-state index contributed by atoms with van der Waals surface area (Å²) in [6.07, 6.45) is 15.6. The van der Waals surface area contributed by atoms with Crippen LogP contribution >= 0.6 is 0 Å². The summed E-state index contributed by atoms with van der Waals surface area (Å²) < 4.78 is 12.3. The Bertz CT molecular complexity index is 1510. The van der Waals surface area contributed by atoms with Gasteiger partial charge in [0.25, 0.3) is 0 Å². The summed E-state index contributed by atoms with van der Waals surface area (Å²) in [5.41, 5.74) is 9.34. The third kappa shape index (κ3) is 4.85. The number of hydrogen-bond acceptors (Lipinski definition) is 5. The maximum absolute atomic E-state index is 13.9. The van der Waals surface area contributed by atoms with Crippen molar-refractivity contribution in [1.82, 2.24) is 0 Å². The van der Waals surface area contributed by atoms with Crippen LogP contribution in [-0.2, 0) is 25.7 Å². The van der Waals surface area contributed by atoms with Gasteiger partial charge in [0.2, 0.25) is 0 Å². The number of ether oxygens (including phenoxy) is 2. The van der Waals surface area contributed by atoms with E-state index in [1.165, 1.54) is 64.2 Å². The second-order valence-corrected chi connectivity index (χ2v) is 21.3. The van der Waals surface area contributed by atoms with Crippen LogP contribution in [-0.4, -0.2) is 23.6 Å². The second kappa shape index (κ2) is 11.3. The van der Waals surface area contributed by atoms with Gasteiger partial charge in [-0.2, -0.15) is 0 Å². The summed E-state index contributed by atoms with van der Waals surface area (Å²) in [6.45, 7) is 19.8. The molecule has 4 unspecified atom stereocenters. The molecule has 7 aliphatic rings. The fourth-order valence-electron chi connectivity index (χ4n) is 15.0. The van der Waals surface area contributed by atoms with E-state index in [1.54, 1.807) is 0 Å². The van der Waals surface area contributed by atoms with Crippen LogP contribution in [0.25, 0.3) is 0 Å². The lowest BCUT2D eigenvalue weighted by molar-refractivity contribution is -0.248. The number of rotatable bonds is 6. The Hall–Kier alpha value is -1.88. The SMILES string of the molecule is CC1(C2CC[C@]3(N)CC[C@]4(C)[C@H](CCC5[C@@]6(C)CC[C@H](OC(=O)[C@H]7C[C@@H](C(=O)OCc8ccccc8)C7(C)C)C(C)(C)C6CC[C@]54C)C23)CC1. The average Bonchev–Trinajstić information content (AvgIpc) is 3.70. The molecule has 0 aromatic heterocycles. The normalized spacial score (nSPS) is 47.7. The molecule has 50 heavy (non-hydrogen) atoms. The molecule has 0 amide bonds. The zero-order valence-corrected chi connectivity index (χ0v) is 32.6. The van der Waals surface area contributed by atoms with Gasteiger partial charge in [0.05, 0.1) is 11.8 Å². The Balaban J connectivity index is 0.953. The Morgan fingerprint density at radius 1 is 0.680 bits per heavy atom. The summed E-state index contributed by atoms with van der Waals surface area (Å²) in [4.78, 5) is 27.0. The molecule has 1 aromatic carbocycles. The van der Waals surface area contributed by atoms with Crippen LogP contribution in [0, 0.1) is 73.9 Å². The maximum atomic E-state index is 13.9. The number of fused-ring (bicyclic) bond motifs is 7. The molecule has 0 spiro atoms. The Morgan fingerprint density at radius 3 is 2.06 bits per heavy atom. The van der Waals surface area contributed by atoms with Gasteiger partial charge in [-0.05, 0) is 146 Å². The van der Waals surface area contributed by atoms with Crippen LogP contribution in [0.15, 0.2) is 30.3 Å². The van der Waals surface area contributed by atoms with Gasteiger partial charge in [-0.3, -0.25) is 9.59 Å². The van der Waals surface area contributed by atoms with Crippen molar-refractivity contribution in [3.05, 3.63) is 35.9 Å². The summed E-state index contributed by atoms with van der Waals surface area (Å²) in [6, 6.07) is 9.80. The van der Waals surface area contributed by atoms with Crippen LogP contribution in [0.1, 0.15) is 144 Å². The van der Waals surface area contributed by atoms with E-state index in [-0.39, 0.29) is 52.9 Å². The molecule has 7 aliphatic carbocycles. The smallest absolute Gasteiger partial charge is 0.309 e. The minimum absolute atomic E-state index is 0.0617. The molecule has 5 nitrogen and oxygen atoms in total. The van der Waals surface area contributed by atoms with Crippen molar-refractivity contribution in [1.29, 1.82) is 0 Å². The summed E-state index contributed by atoms with van der Waals surface area (Å²) in [7, 11) is 0. The average molecular weight is 686 g/mol. The van der Waals surface area contributed by atoms with E-state index in [4.69, 9.17) is 15.2 Å². The molecule has 8 rings (SSSR count). The van der Waals surface area contributed by atoms with Crippen molar-refractivity contribution in [2.75, 3.05) is 0 Å². The van der Waals surface area contributed by atoms with Crippen LogP contribution in [0.4, 0.5) is 0 Å². The number of esters is 2. The van der Waals surface area contributed by atoms with Gasteiger partial charge in [0.15, 0.2) is 0 Å². The monoisotopic (exact) mass is 686 g/mol. The predicted octanol–water partition coefficient (Wildman–Crippen LogP) is 9.90. The highest BCUT2D eigenvalue weighted by atomic mass is 16.5. The van der Waals surface area contributed by atoms with Gasteiger partial charge in [0, 0.05) is 11.0 Å². The maximum Gasteiger partial charge on any atom is 0.309 e. The number of hydrogen-bond donors (Lipinski definition) is 1. The Kier molecular flexibility index (Phi) is 7.96. The molecule has 2 N–H and O–H groups in total. The molecule has 0 bridgehead atoms. The quantitative estimate of drug-likeness (QED) is 0.302. The molecule has 0 heterocycles. The summed E-state index contributed by atoms with van der Waals surface area (Å²) in [5.74, 6) is 2.62. The molecule has 1 aromatic rings. The third-order valence-corrected chi connectivity index (χ3v) is 18.7. The molecular formula is C45H67NO4. The van der Waals surface area contributed by atoms with Crippen LogP contribution < -0.4 is 5.73 Å². The largest absolute Gasteiger partial charge is 0.462 e. The van der Waals surface area contributed by atoms with E-state index < -0.39 is 5.41 Å². The van der Waals surface area contributed by atoms with Crippen LogP contribution in [0.3, 0.4) is 0 Å². The van der Waals surface area contributed by atoms with Gasteiger partial charge < -0.3 is 15.2 Å². The van der Waals surface area contributed by atoms with Crippen molar-refractivity contribution in [3.8, 4) is 0 Å². The summed E-state index contributed by atoms with van der Waals surface area (Å²) in [5, 5.41) is 0. The van der Waals surface area contributed by atoms with Crippen molar-refractivity contribution in [3.63, 3.8) is 0 Å². The Labute approximate surface area is 303 Å². The lowest BCUT2D eigenvalue weighted by atomic mass is 9.32. The van der Waals surface area contributed by atoms with E-state index >= 15 is 0 Å². The number of carbonyl (C=O) groups is 2. The minimum Gasteiger partial charge on any atom is -0.462 e. The van der Waals surface area contributed by atoms with Gasteiger partial charge in [0.1, 0.15) is 12.7 Å². The highest BCUT2D eigenvalue weighted by Gasteiger charge is 2.72. The van der Waals surface area contributed by atoms with Gasteiger partial charge in [-0.25, -0.2) is 0 Å². The Morgan fingerprint density at radius 2 is 1.38 bits per heavy atom. The van der Waals surface area contributed by atoms with E-state index in [2.05, 4.69) is 41.5 Å². The van der Waals surface area contributed by atoms with Gasteiger partial charge in [-0.1, -0.05) is 85.7 Å². The van der Waals surface area contributed by atoms with Crippen LogP contribution in [0.5, 0.6) is 0 Å². The molecule has 7 saturated carbocycles. The fraction of sp³-hybridized carbons (Fsp3) is 0.822. The number of benzene rings is 1. The highest BCUT2D eigenvalue weighted by molar-refractivity contribution is 5.82. The van der Waals surface area contributed by atoms with Crippen LogP contribution in [0.2, 0.25) is 0 Å². The minimum atomic E-state index is -0.477. The lowest BCUT2D eigenvalue weighted by Gasteiger charge is -2.73. The van der Waals surface area contributed by atoms with E-state index in [0.717, 1.165) is 30.2 Å². The first kappa shape index (κ1) is 35.2. The van der Waals surface area contributed by atoms with Gasteiger partial charge >= 0.3 is 11.9 Å². The number of nitrogens with two attached hydrogens (primary N) is 1. The zero-order chi connectivity index (χ0) is 35.7. The van der Waals surface area contributed by atoms with E-state index in [0.29, 0.717) is 40.4 Å². The first-order valence-corrected chi connectivity index (χ1v) is 20.6. The number of carbonyl (C=O) groups excluding carboxylic acids is 2. The predicted molar refractivity (Wildman–Crippen MR) is 197 cm³/mol. The first-order valence-electron chi connectivity index (χ1n) is 20.6. The molecular weight excluding hydrogens is 618 g/mol. The molecule has 0 radical (unpaired) electrons. The standard InChI is InChI=1S/C45H67NO4/c1-39(2)31(37(47)49-27-28-12-10-9-11-13-28)26-32(39)38(48)50-35-18-19-42(6)33(40(35,3)4)17-20-44(8)34(42)15-14-30-36-29(41(5)22-23-41)16-21-45(36,46)25-24-43(30,44)7/h9-13,29-36H,14-27,46H2,1-8H3/t29?,30-,31+,32-,33?,34?,35+,36?,42+,43-,44-,45+/m1/s1. The molecule has 7 fully saturated rings. The van der Waals surface area contributed by atoms with Crippen molar-refractivity contribution in [2.24, 2.45) is 79.6 Å². The zero-order valence-electron chi connectivity index (χ0n) is 32.6. The topological polar surface area (TPSA) is 78.6 Å². The molecule has 276 valence electrons. The second-order valence-electron chi connectivity index (χ2n) is 21.3. The fourth-order valence-corrected chi connectivity index (χ4v) is 15.0. The van der Waals surface area contributed by atoms with Crippen molar-refractivity contribution < 1.29 is 19.1 Å². The highest BCUT2D eigenvalue weighted by Crippen LogP contribution is 2.77. The van der Waals surface area contributed by atoms with Crippen molar-refractivity contribution >= 4 is 11.9 Å². The van der Waals surface area contributed by atoms with E-state index in [9.17, 15) is 9.59 Å².